The Bertz CT molecular complexity index is 872. The standard InChI is InChI=1S/C24H38N8.HI/c1-19-28-29-23(31(19)3)18-26-24(27-20-12-16-32(17-13-20)22-10-11-22)25-14-7-15-30(2)21-8-5-4-6-9-21;/h4-6,8-9,20,22H,7,10-18H2,1-3H3,(H2,25,26,27);1H. The third-order valence-corrected chi connectivity index (χ3v) is 6.65. The van der Waals surface area contributed by atoms with Gasteiger partial charge in [0.2, 0.25) is 0 Å². The van der Waals surface area contributed by atoms with E-state index in [1.54, 1.807) is 0 Å². The van der Waals surface area contributed by atoms with Gasteiger partial charge in [0.15, 0.2) is 11.8 Å². The van der Waals surface area contributed by atoms with Crippen molar-refractivity contribution in [2.24, 2.45) is 12.0 Å². The van der Waals surface area contributed by atoms with Crippen molar-refractivity contribution in [3.8, 4) is 0 Å². The monoisotopic (exact) mass is 566 g/mol. The number of hydrogen-bond donors (Lipinski definition) is 2. The number of aromatic nitrogens is 3. The summed E-state index contributed by atoms with van der Waals surface area (Å²) in [4.78, 5) is 9.80. The third-order valence-electron chi connectivity index (χ3n) is 6.65. The second-order valence-corrected chi connectivity index (χ2v) is 9.11. The summed E-state index contributed by atoms with van der Waals surface area (Å²) in [6.45, 7) is 6.75. The molecule has 2 fully saturated rings. The lowest BCUT2D eigenvalue weighted by Gasteiger charge is -2.33. The van der Waals surface area contributed by atoms with Gasteiger partial charge in [-0.3, -0.25) is 0 Å². The van der Waals surface area contributed by atoms with Crippen LogP contribution in [-0.4, -0.2) is 70.9 Å². The Morgan fingerprint density at radius 2 is 1.85 bits per heavy atom. The molecule has 1 saturated heterocycles. The quantitative estimate of drug-likeness (QED) is 0.211. The lowest BCUT2D eigenvalue weighted by atomic mass is 10.1. The number of piperidine rings is 1. The Hall–Kier alpha value is -1.88. The van der Waals surface area contributed by atoms with E-state index >= 15 is 0 Å². The predicted octanol–water partition coefficient (Wildman–Crippen LogP) is 2.93. The third kappa shape index (κ3) is 7.56. The first-order chi connectivity index (χ1) is 15.6. The molecule has 0 atom stereocenters. The number of aliphatic imine (C=N–C) groups is 1. The van der Waals surface area contributed by atoms with Gasteiger partial charge >= 0.3 is 0 Å². The highest BCUT2D eigenvalue weighted by Crippen LogP contribution is 2.29. The lowest BCUT2D eigenvalue weighted by Crippen LogP contribution is -2.49. The van der Waals surface area contributed by atoms with Crippen LogP contribution >= 0.6 is 24.0 Å². The number of hydrogen-bond acceptors (Lipinski definition) is 5. The van der Waals surface area contributed by atoms with Crippen LogP contribution in [0.2, 0.25) is 0 Å². The number of guanidine groups is 1. The van der Waals surface area contributed by atoms with Gasteiger partial charge in [0, 0.05) is 58.0 Å². The molecule has 1 aliphatic carbocycles. The average molecular weight is 567 g/mol. The summed E-state index contributed by atoms with van der Waals surface area (Å²) in [7, 11) is 4.14. The summed E-state index contributed by atoms with van der Waals surface area (Å²) in [5.74, 6) is 2.68. The molecule has 2 aromatic rings. The fourth-order valence-corrected chi connectivity index (χ4v) is 4.27. The first kappa shape index (κ1) is 25.7. The zero-order chi connectivity index (χ0) is 22.3. The number of rotatable bonds is 9. The molecule has 1 aliphatic heterocycles. The van der Waals surface area contributed by atoms with E-state index < -0.39 is 0 Å². The van der Waals surface area contributed by atoms with Crippen molar-refractivity contribution >= 4 is 35.6 Å². The summed E-state index contributed by atoms with van der Waals surface area (Å²) in [5.41, 5.74) is 1.25. The maximum Gasteiger partial charge on any atom is 0.191 e. The summed E-state index contributed by atoms with van der Waals surface area (Å²) in [6.07, 6.45) is 6.17. The first-order valence-electron chi connectivity index (χ1n) is 12.0. The number of benzene rings is 1. The Labute approximate surface area is 215 Å². The molecule has 0 spiro atoms. The molecule has 0 radical (unpaired) electrons. The molecule has 33 heavy (non-hydrogen) atoms. The topological polar surface area (TPSA) is 73.6 Å². The molecule has 9 heteroatoms. The van der Waals surface area contributed by atoms with E-state index in [-0.39, 0.29) is 24.0 Å². The minimum atomic E-state index is 0. The summed E-state index contributed by atoms with van der Waals surface area (Å²) >= 11 is 0. The van der Waals surface area contributed by atoms with Crippen LogP contribution in [0.5, 0.6) is 0 Å². The number of aryl methyl sites for hydroxylation is 1. The fraction of sp³-hybridized carbons (Fsp3) is 0.625. The molecule has 8 nitrogen and oxygen atoms in total. The number of likely N-dealkylation sites (tertiary alicyclic amines) is 1. The Morgan fingerprint density at radius 1 is 1.12 bits per heavy atom. The molecule has 4 rings (SSSR count). The van der Waals surface area contributed by atoms with E-state index in [0.29, 0.717) is 12.6 Å². The number of halogens is 1. The molecule has 0 amide bonds. The zero-order valence-corrected chi connectivity index (χ0v) is 22.5. The van der Waals surface area contributed by atoms with Crippen LogP contribution in [0.4, 0.5) is 5.69 Å². The van der Waals surface area contributed by atoms with Crippen molar-refractivity contribution < 1.29 is 0 Å². The van der Waals surface area contributed by atoms with Crippen LogP contribution in [0.3, 0.4) is 0 Å². The average Bonchev–Trinajstić information content (AvgIpc) is 3.62. The second-order valence-electron chi connectivity index (χ2n) is 9.11. The van der Waals surface area contributed by atoms with Gasteiger partial charge in [0.25, 0.3) is 0 Å². The number of anilines is 1. The van der Waals surface area contributed by atoms with Crippen molar-refractivity contribution in [3.63, 3.8) is 0 Å². The SMILES string of the molecule is Cc1nnc(CN=C(NCCCN(C)c2ccccc2)NC2CCN(C3CC3)CC2)n1C.I. The summed E-state index contributed by atoms with van der Waals surface area (Å²) < 4.78 is 2.00. The van der Waals surface area contributed by atoms with Gasteiger partial charge in [0.05, 0.1) is 0 Å². The summed E-state index contributed by atoms with van der Waals surface area (Å²) in [6, 6.07) is 11.9. The maximum atomic E-state index is 4.85. The fourth-order valence-electron chi connectivity index (χ4n) is 4.27. The van der Waals surface area contributed by atoms with Crippen LogP contribution in [-0.2, 0) is 13.6 Å². The van der Waals surface area contributed by atoms with E-state index in [9.17, 15) is 0 Å². The highest BCUT2D eigenvalue weighted by atomic mass is 127. The van der Waals surface area contributed by atoms with Crippen LogP contribution in [0.15, 0.2) is 35.3 Å². The molecule has 2 N–H and O–H groups in total. The van der Waals surface area contributed by atoms with E-state index in [4.69, 9.17) is 4.99 Å². The molecule has 1 saturated carbocycles. The molecule has 1 aromatic carbocycles. The maximum absolute atomic E-state index is 4.85. The van der Waals surface area contributed by atoms with Gasteiger partial charge in [-0.2, -0.15) is 0 Å². The Balaban J connectivity index is 0.00000306. The predicted molar refractivity (Wildman–Crippen MR) is 145 cm³/mol. The molecule has 2 aliphatic rings. The van der Waals surface area contributed by atoms with Crippen molar-refractivity contribution in [2.75, 3.05) is 38.1 Å². The summed E-state index contributed by atoms with van der Waals surface area (Å²) in [5, 5.41) is 15.7. The number of para-hydroxylation sites is 1. The normalized spacial score (nSPS) is 17.5. The molecule has 182 valence electrons. The van der Waals surface area contributed by atoms with Crippen LogP contribution in [0.25, 0.3) is 0 Å². The molecular weight excluding hydrogens is 527 g/mol. The smallest absolute Gasteiger partial charge is 0.191 e. The van der Waals surface area contributed by atoms with Gasteiger partial charge in [-0.25, -0.2) is 4.99 Å². The van der Waals surface area contributed by atoms with Gasteiger partial charge in [0.1, 0.15) is 12.4 Å². The lowest BCUT2D eigenvalue weighted by molar-refractivity contribution is 0.197. The Morgan fingerprint density at radius 3 is 2.48 bits per heavy atom. The molecule has 2 heterocycles. The van der Waals surface area contributed by atoms with Crippen molar-refractivity contribution in [3.05, 3.63) is 42.0 Å². The second kappa shape index (κ2) is 12.5. The minimum Gasteiger partial charge on any atom is -0.375 e. The highest BCUT2D eigenvalue weighted by Gasteiger charge is 2.31. The molecular formula is C24H39IN8. The van der Waals surface area contributed by atoms with Crippen molar-refractivity contribution in [1.82, 2.24) is 30.3 Å². The van der Waals surface area contributed by atoms with Crippen LogP contribution < -0.4 is 15.5 Å². The first-order valence-corrected chi connectivity index (χ1v) is 12.0. The van der Waals surface area contributed by atoms with Gasteiger partial charge in [-0.1, -0.05) is 18.2 Å². The van der Waals surface area contributed by atoms with Gasteiger partial charge in [-0.05, 0) is 51.2 Å². The Kier molecular flexibility index (Phi) is 9.78. The van der Waals surface area contributed by atoms with Gasteiger partial charge < -0.3 is 25.0 Å². The van der Waals surface area contributed by atoms with E-state index in [2.05, 4.69) is 68.0 Å². The van der Waals surface area contributed by atoms with Crippen LogP contribution in [0, 0.1) is 6.92 Å². The minimum absolute atomic E-state index is 0. The largest absolute Gasteiger partial charge is 0.375 e. The van der Waals surface area contributed by atoms with E-state index in [0.717, 1.165) is 43.2 Å². The van der Waals surface area contributed by atoms with Crippen molar-refractivity contribution in [2.45, 2.75) is 57.7 Å². The van der Waals surface area contributed by atoms with E-state index in [1.807, 2.05) is 18.5 Å². The number of nitrogens with zero attached hydrogens (tertiary/aromatic N) is 6. The van der Waals surface area contributed by atoms with Crippen LogP contribution in [0.1, 0.15) is 43.8 Å². The number of nitrogens with one attached hydrogen (secondary N) is 2. The highest BCUT2D eigenvalue weighted by molar-refractivity contribution is 14.0. The molecule has 1 aromatic heterocycles. The molecule has 0 bridgehead atoms. The zero-order valence-electron chi connectivity index (χ0n) is 20.2. The van der Waals surface area contributed by atoms with E-state index in [1.165, 1.54) is 44.5 Å². The van der Waals surface area contributed by atoms with Crippen molar-refractivity contribution in [1.29, 1.82) is 0 Å². The molecule has 0 unspecified atom stereocenters. The van der Waals surface area contributed by atoms with Gasteiger partial charge in [-0.15, -0.1) is 34.2 Å².